The second-order valence-electron chi connectivity index (χ2n) is 8.04. The highest BCUT2D eigenvalue weighted by Crippen LogP contribution is 2.27. The predicted molar refractivity (Wildman–Crippen MR) is 145 cm³/mol. The van der Waals surface area contributed by atoms with Crippen LogP contribution in [0.5, 0.6) is 0 Å². The molecule has 0 bridgehead atoms. The first kappa shape index (κ1) is 23.5. The van der Waals surface area contributed by atoms with Gasteiger partial charge in [0.1, 0.15) is 0 Å². The molecule has 0 saturated carbocycles. The second kappa shape index (κ2) is 9.81. The summed E-state index contributed by atoms with van der Waals surface area (Å²) in [6.07, 6.45) is 1.61. The van der Waals surface area contributed by atoms with Crippen LogP contribution in [0.25, 0.3) is 21.5 Å². The van der Waals surface area contributed by atoms with Crippen LogP contribution < -0.4 is 10.1 Å². The number of benzene rings is 5. The molecule has 1 amide bonds. The van der Waals surface area contributed by atoms with E-state index in [4.69, 9.17) is 11.6 Å². The molecule has 5 aromatic rings. The van der Waals surface area contributed by atoms with Crippen molar-refractivity contribution in [3.05, 3.63) is 119 Å². The van der Waals surface area contributed by atoms with Crippen LogP contribution in [-0.4, -0.2) is 20.5 Å². The van der Waals surface area contributed by atoms with Crippen molar-refractivity contribution in [2.45, 2.75) is 4.90 Å². The minimum absolute atomic E-state index is 0.0703. The van der Waals surface area contributed by atoms with Crippen molar-refractivity contribution in [3.63, 3.8) is 0 Å². The van der Waals surface area contributed by atoms with E-state index in [1.807, 2.05) is 48.5 Å². The highest BCUT2D eigenvalue weighted by Gasteiger charge is 2.17. The number of hydrogen-bond donors (Lipinski definition) is 2. The maximum absolute atomic E-state index is 12.8. The first-order valence-corrected chi connectivity index (χ1v) is 12.9. The Morgan fingerprint density at radius 2 is 1.42 bits per heavy atom. The van der Waals surface area contributed by atoms with Gasteiger partial charge in [-0.3, -0.25) is 9.52 Å². The minimum atomic E-state index is -3.96. The highest BCUT2D eigenvalue weighted by atomic mass is 35.5. The molecule has 0 heterocycles. The third-order valence-electron chi connectivity index (χ3n) is 5.70. The molecule has 5 aromatic carbocycles. The van der Waals surface area contributed by atoms with Crippen molar-refractivity contribution in [2.75, 3.05) is 4.72 Å². The Morgan fingerprint density at radius 3 is 2.11 bits per heavy atom. The van der Waals surface area contributed by atoms with Gasteiger partial charge in [-0.25, -0.2) is 13.8 Å². The van der Waals surface area contributed by atoms with E-state index in [0.717, 1.165) is 27.1 Å². The molecule has 0 aliphatic heterocycles. The van der Waals surface area contributed by atoms with Gasteiger partial charge >= 0.3 is 0 Å². The summed E-state index contributed by atoms with van der Waals surface area (Å²) in [7, 11) is -3.96. The van der Waals surface area contributed by atoms with Crippen LogP contribution in [0, 0.1) is 0 Å². The Kier molecular flexibility index (Phi) is 6.41. The van der Waals surface area contributed by atoms with Gasteiger partial charge in [0.25, 0.3) is 15.9 Å². The molecule has 2 N–H and O–H groups in total. The maximum atomic E-state index is 12.8. The molecule has 0 aromatic heterocycles. The molecule has 0 unspecified atom stereocenters. The maximum Gasteiger partial charge on any atom is 0.271 e. The zero-order valence-electron chi connectivity index (χ0n) is 18.9. The molecule has 5 rings (SSSR count). The summed E-state index contributed by atoms with van der Waals surface area (Å²) in [5, 5.41) is 8.59. The van der Waals surface area contributed by atoms with E-state index in [0.29, 0.717) is 0 Å². The third kappa shape index (κ3) is 4.79. The molecule has 0 aliphatic carbocycles. The number of carbonyl (C=O) groups is 1. The Balaban J connectivity index is 1.40. The molecule has 0 fully saturated rings. The standard InChI is InChI=1S/C28H20ClN3O3S/c29-26-14-5-6-15-27(26)32-36(34,35)22-11-7-10-21(17-22)28(33)31-30-18-25-23-12-3-1-8-19(23)16-20-9-2-4-13-24(20)25/h1-18,32H,(H,31,33)/b30-18-. The van der Waals surface area contributed by atoms with Crippen molar-refractivity contribution in [1.82, 2.24) is 5.43 Å². The van der Waals surface area contributed by atoms with E-state index in [1.54, 1.807) is 30.5 Å². The molecule has 0 spiro atoms. The van der Waals surface area contributed by atoms with Gasteiger partial charge in [-0.05, 0) is 57.9 Å². The van der Waals surface area contributed by atoms with Gasteiger partial charge in [0.05, 0.1) is 21.8 Å². The van der Waals surface area contributed by atoms with Crippen molar-refractivity contribution in [3.8, 4) is 0 Å². The number of amides is 1. The topological polar surface area (TPSA) is 87.6 Å². The normalized spacial score (nSPS) is 11.7. The largest absolute Gasteiger partial charge is 0.278 e. The lowest BCUT2D eigenvalue weighted by Gasteiger charge is -2.10. The van der Waals surface area contributed by atoms with Crippen LogP contribution in [0.3, 0.4) is 0 Å². The Morgan fingerprint density at radius 1 is 0.778 bits per heavy atom. The van der Waals surface area contributed by atoms with Gasteiger partial charge in [-0.2, -0.15) is 5.10 Å². The van der Waals surface area contributed by atoms with Crippen LogP contribution in [0.1, 0.15) is 15.9 Å². The molecular formula is C28H20ClN3O3S. The Bertz CT molecular complexity index is 1700. The fourth-order valence-electron chi connectivity index (χ4n) is 3.96. The van der Waals surface area contributed by atoms with Crippen LogP contribution >= 0.6 is 11.6 Å². The van der Waals surface area contributed by atoms with Gasteiger partial charge in [0, 0.05) is 11.1 Å². The van der Waals surface area contributed by atoms with Gasteiger partial charge in [-0.15, -0.1) is 0 Å². The van der Waals surface area contributed by atoms with Crippen molar-refractivity contribution >= 4 is 61.0 Å². The number of nitrogens with one attached hydrogen (secondary N) is 2. The van der Waals surface area contributed by atoms with Crippen molar-refractivity contribution in [1.29, 1.82) is 0 Å². The zero-order valence-corrected chi connectivity index (χ0v) is 20.4. The van der Waals surface area contributed by atoms with E-state index in [-0.39, 0.29) is 21.2 Å². The first-order valence-electron chi connectivity index (χ1n) is 11.0. The van der Waals surface area contributed by atoms with Gasteiger partial charge < -0.3 is 0 Å². The number of halogens is 1. The Hall–Kier alpha value is -4.20. The number of hydrogen-bond acceptors (Lipinski definition) is 4. The number of carbonyl (C=O) groups excluding carboxylic acids is 1. The monoisotopic (exact) mass is 513 g/mol. The first-order chi connectivity index (χ1) is 17.4. The molecule has 178 valence electrons. The average Bonchev–Trinajstić information content (AvgIpc) is 2.89. The fraction of sp³-hybridized carbons (Fsp3) is 0. The number of sulfonamides is 1. The second-order valence-corrected chi connectivity index (χ2v) is 10.1. The van der Waals surface area contributed by atoms with E-state index < -0.39 is 15.9 Å². The summed E-state index contributed by atoms with van der Waals surface area (Å²) in [6, 6.07) is 30.3. The van der Waals surface area contributed by atoms with Crippen LogP contribution in [0.15, 0.2) is 113 Å². The summed E-state index contributed by atoms with van der Waals surface area (Å²) >= 11 is 6.07. The summed E-state index contributed by atoms with van der Waals surface area (Å²) in [6.45, 7) is 0. The van der Waals surface area contributed by atoms with Crippen molar-refractivity contribution < 1.29 is 13.2 Å². The number of fused-ring (bicyclic) bond motifs is 2. The summed E-state index contributed by atoms with van der Waals surface area (Å²) in [4.78, 5) is 12.7. The molecule has 0 saturated heterocycles. The number of rotatable bonds is 6. The summed E-state index contributed by atoms with van der Waals surface area (Å²) < 4.78 is 28.1. The van der Waals surface area contributed by atoms with Gasteiger partial charge in [0.15, 0.2) is 0 Å². The van der Waals surface area contributed by atoms with Gasteiger partial charge in [-0.1, -0.05) is 78.3 Å². The zero-order chi connectivity index (χ0) is 25.1. The lowest BCUT2D eigenvalue weighted by molar-refractivity contribution is 0.0955. The molecule has 36 heavy (non-hydrogen) atoms. The van der Waals surface area contributed by atoms with Crippen LogP contribution in [-0.2, 0) is 10.0 Å². The van der Waals surface area contributed by atoms with E-state index in [2.05, 4.69) is 21.3 Å². The SMILES string of the molecule is O=C(N/N=C\c1c2ccccc2cc2ccccc12)c1cccc(S(=O)(=O)Nc2ccccc2Cl)c1. The van der Waals surface area contributed by atoms with E-state index in [9.17, 15) is 13.2 Å². The Labute approximate surface area is 213 Å². The third-order valence-corrected chi connectivity index (χ3v) is 7.39. The fourth-order valence-corrected chi connectivity index (χ4v) is 5.32. The van der Waals surface area contributed by atoms with E-state index >= 15 is 0 Å². The molecule has 6 nitrogen and oxygen atoms in total. The highest BCUT2D eigenvalue weighted by molar-refractivity contribution is 7.92. The lowest BCUT2D eigenvalue weighted by Crippen LogP contribution is -2.19. The van der Waals surface area contributed by atoms with E-state index in [1.165, 1.54) is 24.3 Å². The molecule has 0 radical (unpaired) electrons. The average molecular weight is 514 g/mol. The lowest BCUT2D eigenvalue weighted by atomic mass is 9.97. The summed E-state index contributed by atoms with van der Waals surface area (Å²) in [5.41, 5.74) is 3.79. The predicted octanol–water partition coefficient (Wildman–Crippen LogP) is 6.21. The number of nitrogens with zero attached hydrogens (tertiary/aromatic N) is 1. The molecule has 0 atom stereocenters. The number of hydrazone groups is 1. The minimum Gasteiger partial charge on any atom is -0.278 e. The number of anilines is 1. The van der Waals surface area contributed by atoms with Crippen LogP contribution in [0.2, 0.25) is 5.02 Å². The molecule has 8 heteroatoms. The molecular weight excluding hydrogens is 494 g/mol. The smallest absolute Gasteiger partial charge is 0.271 e. The quantitative estimate of drug-likeness (QED) is 0.161. The van der Waals surface area contributed by atoms with Crippen molar-refractivity contribution in [2.24, 2.45) is 5.10 Å². The van der Waals surface area contributed by atoms with Crippen LogP contribution in [0.4, 0.5) is 5.69 Å². The summed E-state index contributed by atoms with van der Waals surface area (Å²) in [5.74, 6) is -0.536. The van der Waals surface area contributed by atoms with Gasteiger partial charge in [0.2, 0.25) is 0 Å². The molecule has 0 aliphatic rings. The number of para-hydroxylation sites is 1.